The zero-order chi connectivity index (χ0) is 17.0. The van der Waals surface area contributed by atoms with E-state index in [4.69, 9.17) is 23.7 Å². The van der Waals surface area contributed by atoms with Crippen molar-refractivity contribution >= 4 is 5.97 Å². The smallest absolute Gasteiger partial charge is 0.337 e. The topological polar surface area (TPSA) is 66.5 Å². The molecule has 7 heteroatoms. The molecule has 130 valence electrons. The minimum atomic E-state index is -0.413. The fourth-order valence-electron chi connectivity index (χ4n) is 1.66. The normalized spacial score (nSPS) is 13.3. The molecule has 0 aliphatic heterocycles. The van der Waals surface area contributed by atoms with Gasteiger partial charge in [-0.05, 0) is 20.8 Å². The van der Waals surface area contributed by atoms with Crippen LogP contribution in [0.15, 0.2) is 11.8 Å². The largest absolute Gasteiger partial charge is 0.463 e. The van der Waals surface area contributed by atoms with E-state index < -0.39 is 5.97 Å². The summed E-state index contributed by atoms with van der Waals surface area (Å²) >= 11 is 0. The highest BCUT2D eigenvalue weighted by Crippen LogP contribution is 2.06. The van der Waals surface area contributed by atoms with Gasteiger partial charge in [0.2, 0.25) is 0 Å². The number of hydrogen-bond acceptors (Lipinski definition) is 7. The number of ether oxygens (including phenoxy) is 5. The first-order valence-electron chi connectivity index (χ1n) is 7.35. The molecule has 22 heavy (non-hydrogen) atoms. The van der Waals surface area contributed by atoms with Gasteiger partial charge in [0.15, 0.2) is 12.6 Å². The third-order valence-corrected chi connectivity index (χ3v) is 2.75. The summed E-state index contributed by atoms with van der Waals surface area (Å²) < 4.78 is 26.1. The quantitative estimate of drug-likeness (QED) is 0.306. The third kappa shape index (κ3) is 8.99. The summed E-state index contributed by atoms with van der Waals surface area (Å²) in [6.45, 7) is 6.84. The lowest BCUT2D eigenvalue weighted by atomic mass is 10.3. The van der Waals surface area contributed by atoms with Crippen LogP contribution in [0.1, 0.15) is 20.8 Å². The van der Waals surface area contributed by atoms with Gasteiger partial charge in [-0.2, -0.15) is 0 Å². The lowest BCUT2D eigenvalue weighted by Crippen LogP contribution is -2.30. The van der Waals surface area contributed by atoms with Crippen molar-refractivity contribution in [2.75, 3.05) is 47.6 Å². The standard InChI is InChI=1S/C15H29NO6/c1-7-20-12(3)22-11-13(15(17)21-8-2)9-16(4)10-14(18-5)19-6/h9,12,14H,7-8,10-11H2,1-6H3/b13-9+. The lowest BCUT2D eigenvalue weighted by Gasteiger charge is -2.22. The molecule has 0 saturated heterocycles. The Morgan fingerprint density at radius 2 is 1.77 bits per heavy atom. The Balaban J connectivity index is 4.74. The third-order valence-electron chi connectivity index (χ3n) is 2.75. The monoisotopic (exact) mass is 319 g/mol. The summed E-state index contributed by atoms with van der Waals surface area (Å²) in [6, 6.07) is 0. The fourth-order valence-corrected chi connectivity index (χ4v) is 1.66. The average molecular weight is 319 g/mol. The molecule has 1 unspecified atom stereocenters. The van der Waals surface area contributed by atoms with E-state index in [1.54, 1.807) is 39.2 Å². The molecule has 0 aromatic carbocycles. The number of nitrogens with zero attached hydrogens (tertiary/aromatic N) is 1. The molecule has 0 N–H and O–H groups in total. The summed E-state index contributed by atoms with van der Waals surface area (Å²) in [6.07, 6.45) is 0.897. The van der Waals surface area contributed by atoms with Crippen molar-refractivity contribution in [1.82, 2.24) is 4.90 Å². The Hall–Kier alpha value is -1.15. The van der Waals surface area contributed by atoms with Crippen molar-refractivity contribution in [3.05, 3.63) is 11.8 Å². The molecule has 0 aromatic rings. The summed E-state index contributed by atoms with van der Waals surface area (Å²) in [5.74, 6) is -0.413. The van der Waals surface area contributed by atoms with E-state index in [0.717, 1.165) is 0 Å². The van der Waals surface area contributed by atoms with Crippen LogP contribution in [0.25, 0.3) is 0 Å². The summed E-state index contributed by atoms with van der Waals surface area (Å²) in [5, 5.41) is 0. The number of likely N-dealkylation sites (N-methyl/N-ethyl adjacent to an activating group) is 1. The number of carbonyl (C=O) groups is 1. The molecule has 0 saturated carbocycles. The second kappa shape index (κ2) is 12.4. The van der Waals surface area contributed by atoms with Crippen molar-refractivity contribution in [2.45, 2.75) is 33.4 Å². The molecule has 0 bridgehead atoms. The molecule has 0 rings (SSSR count). The second-order valence-corrected chi connectivity index (χ2v) is 4.55. The van der Waals surface area contributed by atoms with Gasteiger partial charge in [-0.25, -0.2) is 4.79 Å². The van der Waals surface area contributed by atoms with Crippen LogP contribution in [0, 0.1) is 0 Å². The Labute approximate surface area is 133 Å². The van der Waals surface area contributed by atoms with Crippen LogP contribution in [0.3, 0.4) is 0 Å². The molecule has 0 spiro atoms. The highest BCUT2D eigenvalue weighted by atomic mass is 16.7. The van der Waals surface area contributed by atoms with Gasteiger partial charge in [-0.1, -0.05) is 0 Å². The summed E-state index contributed by atoms with van der Waals surface area (Å²) in [4.78, 5) is 13.8. The van der Waals surface area contributed by atoms with Crippen molar-refractivity contribution in [2.24, 2.45) is 0 Å². The van der Waals surface area contributed by atoms with Crippen molar-refractivity contribution in [1.29, 1.82) is 0 Å². The van der Waals surface area contributed by atoms with Gasteiger partial charge in [0, 0.05) is 34.1 Å². The first kappa shape index (κ1) is 20.9. The average Bonchev–Trinajstić information content (AvgIpc) is 2.49. The van der Waals surface area contributed by atoms with Crippen molar-refractivity contribution in [3.8, 4) is 0 Å². The maximum absolute atomic E-state index is 12.0. The molecule has 0 amide bonds. The zero-order valence-corrected chi connectivity index (χ0v) is 14.5. The van der Waals surface area contributed by atoms with Crippen LogP contribution in [-0.4, -0.2) is 71.1 Å². The molecular weight excluding hydrogens is 290 g/mol. The second-order valence-electron chi connectivity index (χ2n) is 4.55. The van der Waals surface area contributed by atoms with Gasteiger partial charge in [0.25, 0.3) is 0 Å². The van der Waals surface area contributed by atoms with Crippen LogP contribution in [0.4, 0.5) is 0 Å². The van der Waals surface area contributed by atoms with Crippen molar-refractivity contribution in [3.63, 3.8) is 0 Å². The molecule has 7 nitrogen and oxygen atoms in total. The van der Waals surface area contributed by atoms with Crippen LogP contribution < -0.4 is 0 Å². The van der Waals surface area contributed by atoms with E-state index in [1.165, 1.54) is 0 Å². The van der Waals surface area contributed by atoms with E-state index in [-0.39, 0.29) is 19.2 Å². The molecular formula is C15H29NO6. The minimum absolute atomic E-state index is 0.106. The van der Waals surface area contributed by atoms with Gasteiger partial charge in [-0.3, -0.25) is 0 Å². The molecule has 0 aliphatic carbocycles. The van der Waals surface area contributed by atoms with Crippen LogP contribution in [-0.2, 0) is 28.5 Å². The maximum atomic E-state index is 12.0. The number of rotatable bonds is 12. The Morgan fingerprint density at radius 3 is 2.27 bits per heavy atom. The van der Waals surface area contributed by atoms with Gasteiger partial charge < -0.3 is 28.6 Å². The first-order chi connectivity index (χ1) is 10.5. The van der Waals surface area contributed by atoms with E-state index in [1.807, 2.05) is 14.0 Å². The molecule has 0 heterocycles. The van der Waals surface area contributed by atoms with Crippen LogP contribution in [0.2, 0.25) is 0 Å². The lowest BCUT2D eigenvalue weighted by molar-refractivity contribution is -0.143. The zero-order valence-electron chi connectivity index (χ0n) is 14.5. The SMILES string of the molecule is CCOC(=O)/C(=C/N(C)CC(OC)OC)COC(C)OCC. The predicted molar refractivity (Wildman–Crippen MR) is 82.2 cm³/mol. The highest BCUT2D eigenvalue weighted by Gasteiger charge is 2.15. The molecule has 0 fully saturated rings. The van der Waals surface area contributed by atoms with E-state index >= 15 is 0 Å². The molecule has 0 radical (unpaired) electrons. The van der Waals surface area contributed by atoms with Gasteiger partial charge >= 0.3 is 5.97 Å². The van der Waals surface area contributed by atoms with E-state index in [0.29, 0.717) is 25.3 Å². The van der Waals surface area contributed by atoms with E-state index in [2.05, 4.69) is 0 Å². The number of methoxy groups -OCH3 is 2. The maximum Gasteiger partial charge on any atom is 0.337 e. The Bertz CT molecular complexity index is 330. The van der Waals surface area contributed by atoms with Crippen LogP contribution >= 0.6 is 0 Å². The molecule has 0 aliphatic rings. The molecule has 1 atom stereocenters. The minimum Gasteiger partial charge on any atom is -0.463 e. The summed E-state index contributed by atoms with van der Waals surface area (Å²) in [5.41, 5.74) is 0.404. The number of esters is 1. The Morgan fingerprint density at radius 1 is 1.14 bits per heavy atom. The predicted octanol–water partition coefficient (Wildman–Crippen LogP) is 1.38. The fraction of sp³-hybridized carbons (Fsp3) is 0.800. The van der Waals surface area contributed by atoms with Gasteiger partial charge in [0.05, 0.1) is 25.3 Å². The van der Waals surface area contributed by atoms with Gasteiger partial charge in [0.1, 0.15) is 0 Å². The highest BCUT2D eigenvalue weighted by molar-refractivity contribution is 5.88. The number of carbonyl (C=O) groups excluding carboxylic acids is 1. The number of hydrogen-bond donors (Lipinski definition) is 0. The van der Waals surface area contributed by atoms with E-state index in [9.17, 15) is 4.79 Å². The summed E-state index contributed by atoms with van der Waals surface area (Å²) in [7, 11) is 4.94. The van der Waals surface area contributed by atoms with Crippen molar-refractivity contribution < 1.29 is 28.5 Å². The molecule has 0 aromatic heterocycles. The first-order valence-corrected chi connectivity index (χ1v) is 7.35. The Kier molecular flexibility index (Phi) is 11.8. The van der Waals surface area contributed by atoms with Gasteiger partial charge in [-0.15, -0.1) is 0 Å². The van der Waals surface area contributed by atoms with Crippen LogP contribution in [0.5, 0.6) is 0 Å².